The zero-order valence-corrected chi connectivity index (χ0v) is 15.4. The molecule has 0 spiro atoms. The Bertz CT molecular complexity index is 495. The smallest absolute Gasteiger partial charge is 0.253 e. The Kier molecular flexibility index (Phi) is 5.69. The minimum atomic E-state index is 0. The lowest BCUT2D eigenvalue weighted by Crippen LogP contribution is -2.62. The van der Waals surface area contributed by atoms with Crippen LogP contribution in [0.3, 0.4) is 0 Å². The predicted molar refractivity (Wildman–Crippen MR) is 94.7 cm³/mol. The van der Waals surface area contributed by atoms with Gasteiger partial charge in [0.1, 0.15) is 0 Å². The van der Waals surface area contributed by atoms with Gasteiger partial charge in [0.05, 0.1) is 0 Å². The molecular formula is C18H29ClN2O. The van der Waals surface area contributed by atoms with Crippen molar-refractivity contribution in [2.75, 3.05) is 14.1 Å². The van der Waals surface area contributed by atoms with Crippen molar-refractivity contribution in [3.8, 4) is 0 Å². The van der Waals surface area contributed by atoms with Crippen molar-refractivity contribution < 1.29 is 4.79 Å². The molecule has 3 nitrogen and oxygen atoms in total. The summed E-state index contributed by atoms with van der Waals surface area (Å²) in [5.41, 5.74) is 0.962. The summed E-state index contributed by atoms with van der Waals surface area (Å²) in [6, 6.07) is 9.85. The second kappa shape index (κ2) is 6.59. The van der Waals surface area contributed by atoms with E-state index in [9.17, 15) is 4.79 Å². The first-order chi connectivity index (χ1) is 9.65. The lowest BCUT2D eigenvalue weighted by atomic mass is 9.77. The van der Waals surface area contributed by atoms with Crippen LogP contribution in [0.15, 0.2) is 30.3 Å². The molecule has 4 heteroatoms. The first-order valence-corrected chi connectivity index (χ1v) is 7.71. The maximum Gasteiger partial charge on any atom is 0.253 e. The molecule has 1 aliphatic heterocycles. The van der Waals surface area contributed by atoms with Gasteiger partial charge in [-0.2, -0.15) is 0 Å². The Morgan fingerprint density at radius 2 is 1.55 bits per heavy atom. The predicted octanol–water partition coefficient (Wildman–Crippen LogP) is 3.83. The van der Waals surface area contributed by atoms with E-state index in [1.54, 1.807) is 0 Å². The average Bonchev–Trinajstić information content (AvgIpc) is 2.43. The summed E-state index contributed by atoms with van der Waals surface area (Å²) in [7, 11) is 4.13. The van der Waals surface area contributed by atoms with E-state index in [0.717, 1.165) is 18.4 Å². The van der Waals surface area contributed by atoms with Gasteiger partial charge in [0, 0.05) is 29.7 Å². The molecule has 0 saturated carbocycles. The molecule has 1 aliphatic rings. The number of benzene rings is 1. The van der Waals surface area contributed by atoms with Crippen LogP contribution in [0.5, 0.6) is 0 Å². The summed E-state index contributed by atoms with van der Waals surface area (Å²) in [4.78, 5) is 17.0. The summed E-state index contributed by atoms with van der Waals surface area (Å²) in [5.74, 6) is 0.122. The van der Waals surface area contributed by atoms with Gasteiger partial charge < -0.3 is 4.90 Å². The number of halogens is 1. The second-order valence-electron chi connectivity index (χ2n) is 7.53. The highest BCUT2D eigenvalue weighted by Crippen LogP contribution is 2.38. The Hall–Kier alpha value is -1.06. The lowest BCUT2D eigenvalue weighted by Gasteiger charge is -2.55. The van der Waals surface area contributed by atoms with Gasteiger partial charge in [-0.3, -0.25) is 9.69 Å². The molecule has 1 heterocycles. The van der Waals surface area contributed by atoms with Crippen molar-refractivity contribution >= 4 is 18.3 Å². The van der Waals surface area contributed by atoms with E-state index in [0.29, 0.717) is 0 Å². The highest BCUT2D eigenvalue weighted by molar-refractivity contribution is 5.94. The minimum Gasteiger partial charge on any atom is -0.339 e. The number of likely N-dealkylation sites (tertiary alicyclic amines) is 1. The first kappa shape index (κ1) is 19.0. The van der Waals surface area contributed by atoms with Crippen molar-refractivity contribution in [3.63, 3.8) is 0 Å². The molecule has 1 saturated heterocycles. The molecule has 2 rings (SSSR count). The minimum absolute atomic E-state index is 0. The number of hydrogen-bond donors (Lipinski definition) is 0. The third-order valence-corrected chi connectivity index (χ3v) is 5.18. The highest BCUT2D eigenvalue weighted by atomic mass is 35.5. The number of amides is 1. The van der Waals surface area contributed by atoms with Gasteiger partial charge in [0.25, 0.3) is 5.91 Å². The topological polar surface area (TPSA) is 23.6 Å². The summed E-state index contributed by atoms with van der Waals surface area (Å²) >= 11 is 0. The number of hydrogen-bond acceptors (Lipinski definition) is 2. The van der Waals surface area contributed by atoms with E-state index in [-0.39, 0.29) is 35.4 Å². The molecule has 1 fully saturated rings. The van der Waals surface area contributed by atoms with Crippen molar-refractivity contribution in [2.45, 2.75) is 57.7 Å². The first-order valence-electron chi connectivity index (χ1n) is 7.71. The van der Waals surface area contributed by atoms with Crippen LogP contribution in [-0.4, -0.2) is 46.9 Å². The van der Waals surface area contributed by atoms with Gasteiger partial charge in [-0.1, -0.05) is 18.2 Å². The third kappa shape index (κ3) is 3.64. The van der Waals surface area contributed by atoms with E-state index in [4.69, 9.17) is 0 Å². The van der Waals surface area contributed by atoms with Gasteiger partial charge in [-0.15, -0.1) is 12.4 Å². The molecule has 0 bridgehead atoms. The number of rotatable bonds is 2. The number of piperidine rings is 1. The Labute approximate surface area is 141 Å². The number of carbonyl (C=O) groups excluding carboxylic acids is 1. The van der Waals surface area contributed by atoms with Crippen molar-refractivity contribution in [1.82, 2.24) is 9.80 Å². The fourth-order valence-corrected chi connectivity index (χ4v) is 3.54. The van der Waals surface area contributed by atoms with E-state index >= 15 is 0 Å². The van der Waals surface area contributed by atoms with Crippen LogP contribution in [-0.2, 0) is 0 Å². The van der Waals surface area contributed by atoms with E-state index in [1.165, 1.54) is 0 Å². The van der Waals surface area contributed by atoms with E-state index in [2.05, 4.69) is 39.6 Å². The molecule has 0 unspecified atom stereocenters. The second-order valence-corrected chi connectivity index (χ2v) is 7.53. The van der Waals surface area contributed by atoms with Crippen LogP contribution in [0.4, 0.5) is 0 Å². The summed E-state index contributed by atoms with van der Waals surface area (Å²) < 4.78 is 0. The summed E-state index contributed by atoms with van der Waals surface area (Å²) in [6.45, 7) is 9.06. The van der Waals surface area contributed by atoms with Crippen LogP contribution >= 0.6 is 12.4 Å². The molecule has 0 aliphatic carbocycles. The molecule has 0 N–H and O–H groups in total. The lowest BCUT2D eigenvalue weighted by molar-refractivity contribution is -0.0376. The fourth-order valence-electron chi connectivity index (χ4n) is 3.54. The van der Waals surface area contributed by atoms with Gasteiger partial charge in [-0.05, 0) is 59.7 Å². The SMILES string of the molecule is CN(C(=O)c1ccccc1)C1CC(C)(C)N(C)C(C)(C)C1.Cl. The van der Waals surface area contributed by atoms with Gasteiger partial charge in [-0.25, -0.2) is 0 Å². The average molecular weight is 325 g/mol. The van der Waals surface area contributed by atoms with Crippen LogP contribution in [0.25, 0.3) is 0 Å². The summed E-state index contributed by atoms with van der Waals surface area (Å²) in [6.07, 6.45) is 2.00. The molecule has 22 heavy (non-hydrogen) atoms. The van der Waals surface area contributed by atoms with Gasteiger partial charge in [0.15, 0.2) is 0 Å². The largest absolute Gasteiger partial charge is 0.339 e. The highest BCUT2D eigenvalue weighted by Gasteiger charge is 2.44. The quantitative estimate of drug-likeness (QED) is 0.825. The Balaban J connectivity index is 0.00000242. The monoisotopic (exact) mass is 324 g/mol. The maximum absolute atomic E-state index is 12.7. The standard InChI is InChI=1S/C18H28N2O.ClH/c1-17(2)12-15(13-18(3,4)20(17)6)19(5)16(21)14-10-8-7-9-11-14;/h7-11,15H,12-13H2,1-6H3;1H. The Morgan fingerprint density at radius 1 is 1.09 bits per heavy atom. The van der Waals surface area contributed by atoms with Crippen LogP contribution in [0, 0.1) is 0 Å². The molecule has 124 valence electrons. The number of carbonyl (C=O) groups is 1. The molecule has 0 atom stereocenters. The molecule has 0 radical (unpaired) electrons. The molecular weight excluding hydrogens is 296 g/mol. The van der Waals surface area contributed by atoms with E-state index in [1.807, 2.05) is 42.3 Å². The van der Waals surface area contributed by atoms with E-state index < -0.39 is 0 Å². The normalized spacial score (nSPS) is 21.0. The maximum atomic E-state index is 12.7. The molecule has 1 aromatic carbocycles. The number of nitrogens with zero attached hydrogens (tertiary/aromatic N) is 2. The molecule has 1 amide bonds. The van der Waals surface area contributed by atoms with Crippen molar-refractivity contribution in [1.29, 1.82) is 0 Å². The Morgan fingerprint density at radius 3 is 2.00 bits per heavy atom. The van der Waals surface area contributed by atoms with Crippen LogP contribution in [0.2, 0.25) is 0 Å². The zero-order valence-electron chi connectivity index (χ0n) is 14.6. The summed E-state index contributed by atoms with van der Waals surface area (Å²) in [5, 5.41) is 0. The van der Waals surface area contributed by atoms with Gasteiger partial charge in [0.2, 0.25) is 0 Å². The van der Waals surface area contributed by atoms with Crippen LogP contribution < -0.4 is 0 Å². The van der Waals surface area contributed by atoms with Crippen molar-refractivity contribution in [3.05, 3.63) is 35.9 Å². The molecule has 1 aromatic rings. The zero-order chi connectivity index (χ0) is 15.8. The van der Waals surface area contributed by atoms with Crippen LogP contribution in [0.1, 0.15) is 50.9 Å². The fraction of sp³-hybridized carbons (Fsp3) is 0.611. The van der Waals surface area contributed by atoms with Crippen molar-refractivity contribution in [2.24, 2.45) is 0 Å². The van der Waals surface area contributed by atoms with Gasteiger partial charge >= 0.3 is 0 Å². The molecule has 0 aromatic heterocycles. The third-order valence-electron chi connectivity index (χ3n) is 5.18.